The third-order valence-electron chi connectivity index (χ3n) is 7.58. The van der Waals surface area contributed by atoms with Gasteiger partial charge in [-0.1, -0.05) is 42.5 Å². The van der Waals surface area contributed by atoms with Gasteiger partial charge in [-0.15, -0.1) is 0 Å². The molecule has 1 aliphatic rings. The first kappa shape index (κ1) is 35.7. The van der Waals surface area contributed by atoms with Gasteiger partial charge in [0.1, 0.15) is 6.61 Å². The summed E-state index contributed by atoms with van der Waals surface area (Å²) in [5.74, 6) is 0.586. The summed E-state index contributed by atoms with van der Waals surface area (Å²) in [6.07, 6.45) is 1.48. The summed E-state index contributed by atoms with van der Waals surface area (Å²) in [7, 11) is 1.44. The molecule has 50 heavy (non-hydrogen) atoms. The molecule has 3 N–H and O–H groups in total. The van der Waals surface area contributed by atoms with Crippen molar-refractivity contribution in [2.45, 2.75) is 33.4 Å². The van der Waals surface area contributed by atoms with Crippen LogP contribution in [0.15, 0.2) is 93.6 Å². The highest BCUT2D eigenvalue weighted by Gasteiger charge is 2.32. The Kier molecular flexibility index (Phi) is 11.9. The van der Waals surface area contributed by atoms with Gasteiger partial charge in [-0.25, -0.2) is 15.0 Å². The average molecular weight is 746 g/mol. The Morgan fingerprint density at radius 3 is 2.48 bits per heavy atom. The molecule has 260 valence electrons. The normalized spacial score (nSPS) is 14.2. The van der Waals surface area contributed by atoms with Crippen LogP contribution in [0.4, 0.5) is 4.79 Å². The molecule has 3 amide bonds. The van der Waals surface area contributed by atoms with Gasteiger partial charge in [-0.2, -0.15) is 5.10 Å². The van der Waals surface area contributed by atoms with Crippen molar-refractivity contribution < 1.29 is 38.1 Å². The predicted molar refractivity (Wildman–Crippen MR) is 192 cm³/mol. The number of benzene rings is 4. The minimum atomic E-state index is -0.781. The van der Waals surface area contributed by atoms with Gasteiger partial charge >= 0.3 is 12.0 Å². The standard InChI is InChI=1S/C37H37BrN4O8/c1-5-47-31-17-24(16-28(38)35(31)50-20-23-11-12-25-9-7-8-10-26(25)15-23)19-39-42-32(43)21-49-29-14-13-27(18-30(29)46-4)34-33(36(44)48-6-2)22(3)40-37(45)41-34/h7-19,34H,5-6,20-21H2,1-4H3,(H,42,43)(H2,40,41,45)/b39-19-/t34-/m1/s1. The van der Waals surface area contributed by atoms with E-state index in [9.17, 15) is 14.4 Å². The van der Waals surface area contributed by atoms with Gasteiger partial charge in [-0.3, -0.25) is 4.79 Å². The second-order valence-electron chi connectivity index (χ2n) is 11.0. The average Bonchev–Trinajstić information content (AvgIpc) is 3.10. The molecule has 0 radical (unpaired) electrons. The molecule has 0 aromatic heterocycles. The second kappa shape index (κ2) is 16.7. The maximum atomic E-state index is 12.7. The van der Waals surface area contributed by atoms with Crippen molar-refractivity contribution in [2.24, 2.45) is 5.10 Å². The van der Waals surface area contributed by atoms with E-state index in [1.54, 1.807) is 38.1 Å². The predicted octanol–water partition coefficient (Wildman–Crippen LogP) is 6.31. The molecule has 0 unspecified atom stereocenters. The van der Waals surface area contributed by atoms with E-state index in [1.165, 1.54) is 13.3 Å². The first-order valence-corrected chi connectivity index (χ1v) is 16.6. The minimum absolute atomic E-state index is 0.179. The summed E-state index contributed by atoms with van der Waals surface area (Å²) in [5.41, 5.74) is 5.35. The molecule has 1 heterocycles. The number of hydrazone groups is 1. The molecule has 5 rings (SSSR count). The van der Waals surface area contributed by atoms with Crippen molar-refractivity contribution in [1.82, 2.24) is 16.1 Å². The number of ether oxygens (including phenoxy) is 5. The number of halogens is 1. The lowest BCUT2D eigenvalue weighted by molar-refractivity contribution is -0.139. The Hall–Kier alpha value is -5.56. The van der Waals surface area contributed by atoms with E-state index in [-0.39, 0.29) is 24.5 Å². The number of nitrogens with zero attached hydrogens (tertiary/aromatic N) is 1. The number of allylic oxidation sites excluding steroid dienone is 1. The van der Waals surface area contributed by atoms with Crippen LogP contribution >= 0.6 is 15.9 Å². The van der Waals surface area contributed by atoms with E-state index in [4.69, 9.17) is 23.7 Å². The van der Waals surface area contributed by atoms with Crippen LogP contribution in [0.1, 0.15) is 43.5 Å². The molecule has 0 spiro atoms. The SMILES string of the molecule is CCOC(=O)C1=C(C)NC(=O)N[C@@H]1c1ccc(OCC(=O)N/N=C\c2cc(Br)c(OCc3ccc4ccccc4c3)c(OCC)c2)c(OC)c1. The molecule has 4 aromatic carbocycles. The Balaban J connectivity index is 1.20. The van der Waals surface area contributed by atoms with Crippen LogP contribution in [0.2, 0.25) is 0 Å². The largest absolute Gasteiger partial charge is 0.493 e. The Labute approximate surface area is 297 Å². The van der Waals surface area contributed by atoms with E-state index < -0.39 is 23.9 Å². The number of methoxy groups -OCH3 is 1. The summed E-state index contributed by atoms with van der Waals surface area (Å²) in [4.78, 5) is 37.5. The molecule has 0 saturated heterocycles. The molecule has 0 saturated carbocycles. The molecular formula is C37H37BrN4O8. The van der Waals surface area contributed by atoms with Gasteiger partial charge in [-0.05, 0) is 94.5 Å². The Morgan fingerprint density at radius 2 is 1.72 bits per heavy atom. The van der Waals surface area contributed by atoms with Gasteiger partial charge < -0.3 is 34.3 Å². The van der Waals surface area contributed by atoms with Crippen LogP contribution in [0.5, 0.6) is 23.0 Å². The van der Waals surface area contributed by atoms with E-state index in [2.05, 4.69) is 61.4 Å². The molecular weight excluding hydrogens is 708 g/mol. The number of hydrogen-bond donors (Lipinski definition) is 3. The highest BCUT2D eigenvalue weighted by atomic mass is 79.9. The number of nitrogens with one attached hydrogen (secondary N) is 3. The van der Waals surface area contributed by atoms with Crippen LogP contribution in [-0.2, 0) is 20.9 Å². The number of rotatable bonds is 14. The fourth-order valence-corrected chi connectivity index (χ4v) is 5.88. The molecule has 4 aromatic rings. The van der Waals surface area contributed by atoms with Gasteiger partial charge in [0.15, 0.2) is 29.6 Å². The number of urea groups is 1. The quantitative estimate of drug-likeness (QED) is 0.0774. The van der Waals surface area contributed by atoms with Crippen LogP contribution in [0, 0.1) is 0 Å². The first-order valence-electron chi connectivity index (χ1n) is 15.9. The Bertz CT molecular complexity index is 1960. The zero-order valence-corrected chi connectivity index (χ0v) is 29.6. The van der Waals surface area contributed by atoms with Gasteiger partial charge in [0.2, 0.25) is 0 Å². The fourth-order valence-electron chi connectivity index (χ4n) is 5.31. The van der Waals surface area contributed by atoms with Crippen molar-refractivity contribution in [3.8, 4) is 23.0 Å². The third-order valence-corrected chi connectivity index (χ3v) is 8.16. The molecule has 1 atom stereocenters. The lowest BCUT2D eigenvalue weighted by Gasteiger charge is -2.28. The van der Waals surface area contributed by atoms with Crippen LogP contribution in [0.3, 0.4) is 0 Å². The molecule has 13 heteroatoms. The second-order valence-corrected chi connectivity index (χ2v) is 11.9. The number of amides is 3. The van der Waals surface area contributed by atoms with E-state index in [1.807, 2.05) is 31.2 Å². The van der Waals surface area contributed by atoms with E-state index in [0.717, 1.165) is 16.3 Å². The van der Waals surface area contributed by atoms with Crippen LogP contribution < -0.4 is 35.0 Å². The van der Waals surface area contributed by atoms with E-state index >= 15 is 0 Å². The Morgan fingerprint density at radius 1 is 0.920 bits per heavy atom. The van der Waals surface area contributed by atoms with Gasteiger partial charge in [0, 0.05) is 5.70 Å². The van der Waals surface area contributed by atoms with E-state index in [0.29, 0.717) is 51.8 Å². The number of carbonyl (C=O) groups is 3. The maximum absolute atomic E-state index is 12.7. The van der Waals surface area contributed by atoms with Crippen molar-refractivity contribution >= 4 is 50.8 Å². The number of esters is 1. The zero-order chi connectivity index (χ0) is 35.6. The lowest BCUT2D eigenvalue weighted by Crippen LogP contribution is -2.45. The van der Waals surface area contributed by atoms with Crippen molar-refractivity contribution in [1.29, 1.82) is 0 Å². The van der Waals surface area contributed by atoms with Crippen molar-refractivity contribution in [3.05, 3.63) is 105 Å². The molecule has 0 fully saturated rings. The fraction of sp³-hybridized carbons (Fsp3) is 0.243. The summed E-state index contributed by atoms with van der Waals surface area (Å²) in [6.45, 7) is 5.80. The van der Waals surface area contributed by atoms with Crippen LogP contribution in [-0.4, -0.2) is 51.1 Å². The van der Waals surface area contributed by atoms with Crippen LogP contribution in [0.25, 0.3) is 10.8 Å². The zero-order valence-electron chi connectivity index (χ0n) is 28.0. The van der Waals surface area contributed by atoms with Crippen molar-refractivity contribution in [2.75, 3.05) is 26.9 Å². The minimum Gasteiger partial charge on any atom is -0.493 e. The molecule has 1 aliphatic heterocycles. The molecule has 0 bridgehead atoms. The maximum Gasteiger partial charge on any atom is 0.338 e. The number of hydrogen-bond acceptors (Lipinski definition) is 9. The summed E-state index contributed by atoms with van der Waals surface area (Å²) in [6, 6.07) is 21.6. The number of carbonyl (C=O) groups excluding carboxylic acids is 3. The summed E-state index contributed by atoms with van der Waals surface area (Å²) in [5, 5.41) is 11.7. The monoisotopic (exact) mass is 744 g/mol. The lowest BCUT2D eigenvalue weighted by atomic mass is 9.95. The molecule has 12 nitrogen and oxygen atoms in total. The topological polar surface area (TPSA) is 146 Å². The highest BCUT2D eigenvalue weighted by molar-refractivity contribution is 9.10. The van der Waals surface area contributed by atoms with Gasteiger partial charge in [0.25, 0.3) is 5.91 Å². The molecule has 0 aliphatic carbocycles. The third kappa shape index (κ3) is 8.72. The summed E-state index contributed by atoms with van der Waals surface area (Å²) >= 11 is 3.58. The first-order chi connectivity index (χ1) is 24.2. The van der Waals surface area contributed by atoms with Gasteiger partial charge in [0.05, 0.1) is 42.6 Å². The van der Waals surface area contributed by atoms with Crippen molar-refractivity contribution in [3.63, 3.8) is 0 Å². The summed E-state index contributed by atoms with van der Waals surface area (Å²) < 4.78 is 29.1. The highest BCUT2D eigenvalue weighted by Crippen LogP contribution is 2.38. The smallest absolute Gasteiger partial charge is 0.338 e. The number of fused-ring (bicyclic) bond motifs is 1.